The van der Waals surface area contributed by atoms with Crippen LogP contribution in [0, 0.1) is 11.5 Å². The summed E-state index contributed by atoms with van der Waals surface area (Å²) in [6.07, 6.45) is 2.25. The normalized spacial score (nSPS) is 14.3. The van der Waals surface area contributed by atoms with Gasteiger partial charge in [-0.3, -0.25) is 4.99 Å². The lowest BCUT2D eigenvalue weighted by molar-refractivity contribution is 0.144. The van der Waals surface area contributed by atoms with Gasteiger partial charge >= 0.3 is 6.03 Å². The molecule has 0 spiro atoms. The Morgan fingerprint density at radius 2 is 1.69 bits per heavy atom. The highest BCUT2D eigenvalue weighted by Crippen LogP contribution is 2.30. The maximum atomic E-state index is 13.2. The lowest BCUT2D eigenvalue weighted by Crippen LogP contribution is -2.54. The Labute approximate surface area is 261 Å². The van der Waals surface area contributed by atoms with Gasteiger partial charge in [0.2, 0.25) is 0 Å². The van der Waals surface area contributed by atoms with E-state index in [0.717, 1.165) is 32.9 Å². The Hall–Kier alpha value is -5.47. The Balaban J connectivity index is 1.11. The number of ether oxygens (including phenoxy) is 4. The number of rotatable bonds is 9. The molecule has 6 rings (SSSR count). The summed E-state index contributed by atoms with van der Waals surface area (Å²) in [5.41, 5.74) is 0.677. The number of piperazine rings is 1. The molecule has 0 aliphatic carbocycles. The zero-order valence-electron chi connectivity index (χ0n) is 25.2. The summed E-state index contributed by atoms with van der Waals surface area (Å²) in [5.74, 6) is 3.31. The molecule has 0 saturated carbocycles. The summed E-state index contributed by atoms with van der Waals surface area (Å²) in [6.45, 7) is 3.08. The summed E-state index contributed by atoms with van der Waals surface area (Å²) < 4.78 is 22.7. The molecule has 0 bridgehead atoms. The molecule has 1 saturated heterocycles. The Morgan fingerprint density at radius 1 is 0.911 bits per heavy atom. The van der Waals surface area contributed by atoms with Crippen molar-refractivity contribution in [1.29, 1.82) is 5.26 Å². The molecule has 0 aromatic heterocycles. The van der Waals surface area contributed by atoms with E-state index in [1.807, 2.05) is 66.7 Å². The van der Waals surface area contributed by atoms with Gasteiger partial charge in [0.1, 0.15) is 30.6 Å². The summed E-state index contributed by atoms with van der Waals surface area (Å²) in [7, 11) is 3.19. The quantitative estimate of drug-likeness (QED) is 0.225. The fraction of sp³-hybridized carbons (Fsp3) is 0.265. The van der Waals surface area contributed by atoms with Crippen LogP contribution < -0.4 is 30.1 Å². The van der Waals surface area contributed by atoms with Crippen LogP contribution in [0.1, 0.15) is 0 Å². The molecule has 2 aliphatic heterocycles. The average Bonchev–Trinajstić information content (AvgIpc) is 3.08. The third-order valence-electron chi connectivity index (χ3n) is 7.78. The Kier molecular flexibility index (Phi) is 8.84. The molecular weight excluding hydrogens is 572 g/mol. The van der Waals surface area contributed by atoms with Crippen molar-refractivity contribution < 1.29 is 23.7 Å². The van der Waals surface area contributed by atoms with E-state index in [1.165, 1.54) is 0 Å². The van der Waals surface area contributed by atoms with Crippen LogP contribution in [0.15, 0.2) is 83.9 Å². The first kappa shape index (κ1) is 29.6. The first-order valence-electron chi connectivity index (χ1n) is 14.7. The zero-order valence-corrected chi connectivity index (χ0v) is 25.2. The molecule has 11 nitrogen and oxygen atoms in total. The van der Waals surface area contributed by atoms with E-state index >= 15 is 0 Å². The van der Waals surface area contributed by atoms with Crippen LogP contribution >= 0.6 is 0 Å². The number of carbonyl (C=O) groups is 1. The smallest absolute Gasteiger partial charge is 0.321 e. The molecule has 0 radical (unpaired) electrons. The third-order valence-corrected chi connectivity index (χ3v) is 7.78. The van der Waals surface area contributed by atoms with Gasteiger partial charge in [0.05, 0.1) is 19.1 Å². The number of benzene rings is 4. The van der Waals surface area contributed by atoms with E-state index in [2.05, 4.69) is 33.5 Å². The molecule has 0 unspecified atom stereocenters. The van der Waals surface area contributed by atoms with Gasteiger partial charge in [-0.1, -0.05) is 36.4 Å². The number of nitrogens with zero attached hydrogens (tertiary/aromatic N) is 5. The van der Waals surface area contributed by atoms with E-state index in [9.17, 15) is 10.1 Å². The van der Waals surface area contributed by atoms with Crippen LogP contribution in [0.5, 0.6) is 23.0 Å². The molecule has 45 heavy (non-hydrogen) atoms. The van der Waals surface area contributed by atoms with E-state index in [0.29, 0.717) is 62.3 Å². The molecule has 230 valence electrons. The van der Waals surface area contributed by atoms with Gasteiger partial charge < -0.3 is 34.1 Å². The monoisotopic (exact) mass is 606 g/mol. The van der Waals surface area contributed by atoms with Gasteiger partial charge in [0.15, 0.2) is 17.7 Å². The first-order valence-corrected chi connectivity index (χ1v) is 14.7. The molecule has 0 atom stereocenters. The van der Waals surface area contributed by atoms with E-state index in [1.54, 1.807) is 24.0 Å². The minimum Gasteiger partial charge on any atom is -0.493 e. The molecule has 2 amide bonds. The molecular formula is C34H34N6O5. The van der Waals surface area contributed by atoms with Gasteiger partial charge in [-0.05, 0) is 41.8 Å². The van der Waals surface area contributed by atoms with Crippen LogP contribution in [-0.4, -0.2) is 81.0 Å². The summed E-state index contributed by atoms with van der Waals surface area (Å²) in [4.78, 5) is 23.2. The number of amides is 2. The lowest BCUT2D eigenvalue weighted by atomic mass is 10.1. The van der Waals surface area contributed by atoms with E-state index in [-0.39, 0.29) is 12.7 Å². The lowest BCUT2D eigenvalue weighted by Gasteiger charge is -2.39. The van der Waals surface area contributed by atoms with Gasteiger partial charge in [-0.25, -0.2) is 9.69 Å². The highest BCUT2D eigenvalue weighted by molar-refractivity contribution is 5.90. The number of anilines is 1. The fourth-order valence-corrected chi connectivity index (χ4v) is 5.49. The number of methoxy groups -OCH3 is 2. The number of fused-ring (bicyclic) bond motifs is 2. The number of nitriles is 1. The highest BCUT2D eigenvalue weighted by atomic mass is 16.5. The first-order chi connectivity index (χ1) is 22.1. The standard InChI is InChI=1S/C34H34N6O5/c1-42-18-19-44-32-21-29-28(20-31(32)43-2)33(40(22-35)23-36-29)38-14-16-39(17-15-38)34(41)37-25-10-12-26(13-11-25)45-30-9-5-7-24-6-3-4-8-27(24)30/h3-13,20-21H,14-19,23H2,1-2H3,(H,37,41). The van der Waals surface area contributed by atoms with Crippen molar-refractivity contribution in [2.45, 2.75) is 0 Å². The fourth-order valence-electron chi connectivity index (χ4n) is 5.49. The van der Waals surface area contributed by atoms with Crippen LogP contribution in [0.3, 0.4) is 0 Å². The van der Waals surface area contributed by atoms with Crippen molar-refractivity contribution in [3.8, 4) is 29.2 Å². The number of hydrogen-bond donors (Lipinski definition) is 1. The highest BCUT2D eigenvalue weighted by Gasteiger charge is 2.28. The summed E-state index contributed by atoms with van der Waals surface area (Å²) >= 11 is 0. The molecule has 1 fully saturated rings. The molecule has 2 aliphatic rings. The van der Waals surface area contributed by atoms with Crippen LogP contribution in [-0.2, 0) is 4.74 Å². The van der Waals surface area contributed by atoms with Crippen LogP contribution in [0.25, 0.3) is 16.6 Å². The Morgan fingerprint density at radius 3 is 2.44 bits per heavy atom. The number of carbonyl (C=O) groups excluding carboxylic acids is 1. The van der Waals surface area contributed by atoms with E-state index < -0.39 is 0 Å². The van der Waals surface area contributed by atoms with Crippen molar-refractivity contribution >= 4 is 28.3 Å². The summed E-state index contributed by atoms with van der Waals surface area (Å²) in [6, 6.07) is 24.9. The number of hydrogen-bond acceptors (Lipinski definition) is 9. The third kappa shape index (κ3) is 6.41. The predicted octanol–water partition coefficient (Wildman–Crippen LogP) is 3.96. The van der Waals surface area contributed by atoms with Crippen molar-refractivity contribution in [1.82, 2.24) is 14.7 Å². The van der Waals surface area contributed by atoms with Gasteiger partial charge in [-0.15, -0.1) is 0 Å². The van der Waals surface area contributed by atoms with Crippen LogP contribution in [0.2, 0.25) is 0 Å². The molecule has 4 aromatic rings. The molecule has 11 heteroatoms. The van der Waals surface area contributed by atoms with Crippen molar-refractivity contribution in [3.05, 3.63) is 89.4 Å². The molecule has 1 N–H and O–H groups in total. The number of nitrogens with one attached hydrogen (secondary N) is 1. The minimum absolute atomic E-state index is 0.182. The second kappa shape index (κ2) is 13.4. The second-order valence-corrected chi connectivity index (χ2v) is 10.5. The minimum atomic E-state index is -0.182. The van der Waals surface area contributed by atoms with Crippen LogP contribution in [0.4, 0.5) is 10.5 Å². The van der Waals surface area contributed by atoms with Gasteiger partial charge in [-0.2, -0.15) is 5.26 Å². The second-order valence-electron chi connectivity index (χ2n) is 10.5. The van der Waals surface area contributed by atoms with Gasteiger partial charge in [0.25, 0.3) is 0 Å². The largest absolute Gasteiger partial charge is 0.493 e. The predicted molar refractivity (Wildman–Crippen MR) is 170 cm³/mol. The van der Waals surface area contributed by atoms with Crippen molar-refractivity contribution in [2.24, 2.45) is 4.99 Å². The Bertz CT molecular complexity index is 1840. The SMILES string of the molecule is COCCOc1cc2c(cc1OC)=C(N1CCN(C(=O)Nc3ccc(Oc4cccc5ccccc45)cc3)CC1)N(C#N)CN=2. The zero-order chi connectivity index (χ0) is 31.2. The van der Waals surface area contributed by atoms with Crippen molar-refractivity contribution in [2.75, 3.05) is 65.6 Å². The molecule has 4 aromatic carbocycles. The topological polar surface area (TPSA) is 112 Å². The van der Waals surface area contributed by atoms with Gasteiger partial charge in [0, 0.05) is 55.6 Å². The number of urea groups is 1. The van der Waals surface area contributed by atoms with E-state index in [4.69, 9.17) is 18.9 Å². The molecule has 2 heterocycles. The van der Waals surface area contributed by atoms with Crippen molar-refractivity contribution in [3.63, 3.8) is 0 Å². The average molecular weight is 607 g/mol. The maximum absolute atomic E-state index is 13.2. The maximum Gasteiger partial charge on any atom is 0.321 e. The summed E-state index contributed by atoms with van der Waals surface area (Å²) in [5, 5.41) is 16.5.